The molecular weight excluding hydrogens is 729 g/mol. The van der Waals surface area contributed by atoms with Crippen LogP contribution in [0.3, 0.4) is 0 Å². The summed E-state index contributed by atoms with van der Waals surface area (Å²) in [5, 5.41) is 10.6. The molecule has 308 valence electrons. The molecule has 0 aliphatic heterocycles. The average Bonchev–Trinajstić information content (AvgIpc) is 3.21. The Labute approximate surface area is 351 Å². The molecule has 2 amide bonds. The van der Waals surface area contributed by atoms with Gasteiger partial charge in [-0.15, -0.1) is 0 Å². The number of aromatic nitrogens is 2. The van der Waals surface area contributed by atoms with Crippen LogP contribution in [0.1, 0.15) is 101 Å². The lowest BCUT2D eigenvalue weighted by Crippen LogP contribution is -2.31. The summed E-state index contributed by atoms with van der Waals surface area (Å²) in [6, 6.07) is 25.0. The normalized spacial score (nSPS) is 11.3. The number of nitrogens with zero attached hydrogens (tertiary/aromatic N) is 4. The van der Waals surface area contributed by atoms with Crippen molar-refractivity contribution in [2.75, 3.05) is 49.6 Å². The highest BCUT2D eigenvalue weighted by molar-refractivity contribution is 6.06. The maximum Gasteiger partial charge on any atom is 0.251 e. The second-order valence-electron chi connectivity index (χ2n) is 16.0. The van der Waals surface area contributed by atoms with Gasteiger partial charge in [0.05, 0.1) is 34.2 Å². The van der Waals surface area contributed by atoms with E-state index in [0.717, 1.165) is 130 Å². The van der Waals surface area contributed by atoms with Gasteiger partial charge in [0.1, 0.15) is 0 Å². The molecule has 59 heavy (non-hydrogen) atoms. The molecule has 6 rings (SSSR count). The van der Waals surface area contributed by atoms with Crippen LogP contribution in [-0.4, -0.2) is 61.6 Å². The van der Waals surface area contributed by atoms with Crippen molar-refractivity contribution in [3.63, 3.8) is 0 Å². The van der Waals surface area contributed by atoms with Crippen molar-refractivity contribution in [3.8, 4) is 22.5 Å². The van der Waals surface area contributed by atoms with Gasteiger partial charge in [-0.3, -0.25) is 19.6 Å². The van der Waals surface area contributed by atoms with E-state index in [-0.39, 0.29) is 11.8 Å². The van der Waals surface area contributed by atoms with Crippen molar-refractivity contribution in [2.45, 2.75) is 88.0 Å². The molecule has 0 radical (unpaired) electrons. The summed E-state index contributed by atoms with van der Waals surface area (Å²) in [6.07, 6.45) is 3.92. The Morgan fingerprint density at radius 2 is 0.915 bits per heavy atom. The largest absolute Gasteiger partial charge is 0.370 e. The van der Waals surface area contributed by atoms with E-state index in [1.165, 1.54) is 11.1 Å². The lowest BCUT2D eigenvalue weighted by atomic mass is 9.92. The monoisotopic (exact) mass is 790 g/mol. The molecule has 6 aromatic rings. The van der Waals surface area contributed by atoms with Gasteiger partial charge in [0.2, 0.25) is 0 Å². The zero-order valence-corrected chi connectivity index (χ0v) is 36.9. The Morgan fingerprint density at radius 3 is 1.31 bits per heavy atom. The number of hydrogen-bond donors (Lipinski definition) is 2. The van der Waals surface area contributed by atoms with E-state index in [9.17, 15) is 9.59 Å². The van der Waals surface area contributed by atoms with Crippen LogP contribution in [0, 0.1) is 41.5 Å². The van der Waals surface area contributed by atoms with Crippen LogP contribution in [0.15, 0.2) is 72.8 Å². The SMILES string of the molecule is CCCN(CCC)c1c(C)nc(-c2c(C)cc(C(=O)NCCCN(CCC)c3c(C)nc(-c4c(C)cc(C(=O)NC)cc4C)c4ccccc34)cc2C)c2ccccc12. The molecule has 8 heteroatoms. The minimum absolute atomic E-state index is 0.0651. The van der Waals surface area contributed by atoms with Gasteiger partial charge in [0, 0.05) is 83.6 Å². The molecule has 8 nitrogen and oxygen atoms in total. The number of amides is 2. The first-order valence-electron chi connectivity index (χ1n) is 21.5. The number of carbonyl (C=O) groups is 2. The van der Waals surface area contributed by atoms with E-state index in [1.807, 2.05) is 24.3 Å². The summed E-state index contributed by atoms with van der Waals surface area (Å²) in [6.45, 7) is 23.4. The number of benzene rings is 4. The van der Waals surface area contributed by atoms with E-state index in [2.05, 4.69) is 131 Å². The molecule has 2 N–H and O–H groups in total. The van der Waals surface area contributed by atoms with Gasteiger partial charge in [0.25, 0.3) is 11.8 Å². The number of rotatable bonds is 16. The zero-order valence-electron chi connectivity index (χ0n) is 36.9. The Bertz CT molecular complexity index is 2450. The van der Waals surface area contributed by atoms with Crippen LogP contribution < -0.4 is 20.4 Å². The molecular formula is C51H62N6O2. The first-order valence-corrected chi connectivity index (χ1v) is 21.5. The van der Waals surface area contributed by atoms with Crippen LogP contribution >= 0.6 is 0 Å². The van der Waals surface area contributed by atoms with Crippen LogP contribution in [0.5, 0.6) is 0 Å². The maximum atomic E-state index is 13.7. The molecule has 4 aromatic carbocycles. The predicted molar refractivity (Wildman–Crippen MR) is 248 cm³/mol. The molecule has 2 heterocycles. The fraction of sp³-hybridized carbons (Fsp3) is 0.373. The quantitative estimate of drug-likeness (QED) is 0.0949. The first kappa shape index (κ1) is 42.8. The number of carbonyl (C=O) groups excluding carboxylic acids is 2. The Kier molecular flexibility index (Phi) is 13.7. The number of aryl methyl sites for hydroxylation is 6. The minimum atomic E-state index is -0.0960. The fourth-order valence-electron chi connectivity index (χ4n) is 9.06. The molecule has 0 unspecified atom stereocenters. The third-order valence-corrected chi connectivity index (χ3v) is 11.4. The molecule has 0 saturated carbocycles. The number of nitrogens with one attached hydrogen (secondary N) is 2. The molecule has 0 spiro atoms. The van der Waals surface area contributed by atoms with Crippen molar-refractivity contribution < 1.29 is 9.59 Å². The van der Waals surface area contributed by atoms with Gasteiger partial charge < -0.3 is 20.4 Å². The number of anilines is 2. The summed E-state index contributed by atoms with van der Waals surface area (Å²) >= 11 is 0. The average molecular weight is 791 g/mol. The molecule has 0 atom stereocenters. The van der Waals surface area contributed by atoms with E-state index in [4.69, 9.17) is 9.97 Å². The fourth-order valence-corrected chi connectivity index (χ4v) is 9.06. The number of fused-ring (bicyclic) bond motifs is 2. The smallest absolute Gasteiger partial charge is 0.251 e. The van der Waals surface area contributed by atoms with Crippen LogP contribution in [0.2, 0.25) is 0 Å². The maximum absolute atomic E-state index is 13.7. The highest BCUT2D eigenvalue weighted by Gasteiger charge is 2.23. The number of hydrogen-bond acceptors (Lipinski definition) is 6. The highest BCUT2D eigenvalue weighted by atomic mass is 16.2. The summed E-state index contributed by atoms with van der Waals surface area (Å²) in [5.74, 6) is -0.161. The van der Waals surface area contributed by atoms with Crippen molar-refractivity contribution in [3.05, 3.63) is 118 Å². The third-order valence-electron chi connectivity index (χ3n) is 11.4. The zero-order chi connectivity index (χ0) is 42.4. The van der Waals surface area contributed by atoms with E-state index >= 15 is 0 Å². The molecule has 2 aromatic heterocycles. The van der Waals surface area contributed by atoms with Gasteiger partial charge in [-0.05, 0) is 114 Å². The summed E-state index contributed by atoms with van der Waals surface area (Å²) in [4.78, 5) is 41.6. The van der Waals surface area contributed by atoms with Crippen molar-refractivity contribution in [2.24, 2.45) is 0 Å². The summed E-state index contributed by atoms with van der Waals surface area (Å²) in [5.41, 5.74) is 13.8. The topological polar surface area (TPSA) is 90.5 Å². The molecule has 0 saturated heterocycles. The van der Waals surface area contributed by atoms with Gasteiger partial charge in [-0.2, -0.15) is 0 Å². The molecule has 0 bridgehead atoms. The van der Waals surface area contributed by atoms with E-state index in [1.54, 1.807) is 7.05 Å². The molecule has 0 fully saturated rings. The Morgan fingerprint density at radius 1 is 0.542 bits per heavy atom. The van der Waals surface area contributed by atoms with Gasteiger partial charge in [-0.25, -0.2) is 0 Å². The lowest BCUT2D eigenvalue weighted by molar-refractivity contribution is 0.0948. The van der Waals surface area contributed by atoms with E-state index in [0.29, 0.717) is 17.7 Å². The second kappa shape index (κ2) is 18.9. The summed E-state index contributed by atoms with van der Waals surface area (Å²) < 4.78 is 0. The lowest BCUT2D eigenvalue weighted by Gasteiger charge is -2.28. The van der Waals surface area contributed by atoms with Crippen molar-refractivity contribution >= 4 is 44.7 Å². The van der Waals surface area contributed by atoms with Crippen molar-refractivity contribution in [1.29, 1.82) is 0 Å². The molecule has 0 aliphatic rings. The van der Waals surface area contributed by atoms with Gasteiger partial charge in [0.15, 0.2) is 0 Å². The second-order valence-corrected chi connectivity index (χ2v) is 16.0. The standard InChI is InChI=1S/C51H62N6O2/c1-11-24-56(25-12-2)48-36(8)54-46(40-19-14-16-21-42(40)48)45-34(6)30-39(31-35(45)7)51(59)53-23-18-27-57(26-13-3)49-37(9)55-47(41-20-15-17-22-43(41)49)44-32(4)28-38(29-33(44)5)50(58)52-10/h14-17,19-22,28-31H,11-13,18,23-27H2,1-10H3,(H,52,58)(H,53,59). The third kappa shape index (κ3) is 8.82. The highest BCUT2D eigenvalue weighted by Crippen LogP contribution is 2.40. The summed E-state index contributed by atoms with van der Waals surface area (Å²) in [7, 11) is 1.66. The van der Waals surface area contributed by atoms with E-state index < -0.39 is 0 Å². The molecule has 0 aliphatic carbocycles. The Hall–Kier alpha value is -5.76. The Balaban J connectivity index is 1.22. The first-order chi connectivity index (χ1) is 28.4. The van der Waals surface area contributed by atoms with Crippen LogP contribution in [0.25, 0.3) is 44.1 Å². The minimum Gasteiger partial charge on any atom is -0.370 e. The van der Waals surface area contributed by atoms with Crippen LogP contribution in [-0.2, 0) is 0 Å². The predicted octanol–water partition coefficient (Wildman–Crippen LogP) is 11.0. The van der Waals surface area contributed by atoms with Gasteiger partial charge in [-0.1, -0.05) is 69.3 Å². The van der Waals surface area contributed by atoms with Gasteiger partial charge >= 0.3 is 0 Å². The van der Waals surface area contributed by atoms with Crippen LogP contribution in [0.4, 0.5) is 11.4 Å². The van der Waals surface area contributed by atoms with Crippen molar-refractivity contribution in [1.82, 2.24) is 20.6 Å². The number of pyridine rings is 2.